The summed E-state index contributed by atoms with van der Waals surface area (Å²) in [6, 6.07) is 16.4. The first kappa shape index (κ1) is 32.3. The molecule has 0 spiro atoms. The van der Waals surface area contributed by atoms with Crippen LogP contribution >= 0.6 is 19.4 Å². The maximum absolute atomic E-state index is 15.0. The lowest BCUT2D eigenvalue weighted by atomic mass is 10.2. The van der Waals surface area contributed by atoms with Gasteiger partial charge in [-0.25, -0.2) is 9.18 Å². The van der Waals surface area contributed by atoms with Crippen LogP contribution in [0.4, 0.5) is 4.39 Å². The Morgan fingerprint density at radius 2 is 1.59 bits per heavy atom. The molecule has 0 amide bonds. The van der Waals surface area contributed by atoms with Gasteiger partial charge in [0.1, 0.15) is 30.8 Å². The summed E-state index contributed by atoms with van der Waals surface area (Å²) in [6.07, 6.45) is 1.59. The summed E-state index contributed by atoms with van der Waals surface area (Å²) >= 11 is 0.979. The number of methoxy groups -OCH3 is 2. The van der Waals surface area contributed by atoms with Crippen LogP contribution in [0.25, 0.3) is 0 Å². The van der Waals surface area contributed by atoms with E-state index in [0.717, 1.165) is 11.8 Å². The Balaban J connectivity index is 2.34. The van der Waals surface area contributed by atoms with Crippen molar-refractivity contribution < 1.29 is 41.7 Å². The molecule has 0 saturated heterocycles. The third-order valence-electron chi connectivity index (χ3n) is 4.98. The molecule has 0 aliphatic heterocycles. The van der Waals surface area contributed by atoms with Crippen molar-refractivity contribution in [1.82, 2.24) is 5.32 Å². The first-order valence-electron chi connectivity index (χ1n) is 11.8. The molecule has 0 bridgehead atoms. The highest BCUT2D eigenvalue weighted by molar-refractivity contribution is 8.02. The molecular weight excluding hydrogens is 550 g/mol. The van der Waals surface area contributed by atoms with Gasteiger partial charge in [0.25, 0.3) is 0 Å². The first-order valence-corrected chi connectivity index (χ1v) is 14.6. The van der Waals surface area contributed by atoms with Crippen molar-refractivity contribution in [2.24, 2.45) is 0 Å². The number of nitriles is 1. The zero-order chi connectivity index (χ0) is 28.5. The van der Waals surface area contributed by atoms with Crippen LogP contribution < -0.4 is 10.1 Å². The van der Waals surface area contributed by atoms with Gasteiger partial charge in [-0.1, -0.05) is 36.4 Å². The average Bonchev–Trinajstić information content (AvgIpc) is 2.94. The molecule has 1 atom stereocenters. The summed E-state index contributed by atoms with van der Waals surface area (Å²) in [7, 11) is -1.30. The van der Waals surface area contributed by atoms with Crippen LogP contribution in [0.1, 0.15) is 11.3 Å². The molecule has 0 aliphatic rings. The highest BCUT2D eigenvalue weighted by Gasteiger charge is 2.40. The first-order chi connectivity index (χ1) is 18.9. The van der Waals surface area contributed by atoms with E-state index < -0.39 is 30.7 Å². The van der Waals surface area contributed by atoms with Gasteiger partial charge in [-0.15, -0.1) is 11.8 Å². The number of thioether (sulfide) groups is 1. The third kappa shape index (κ3) is 10.3. The van der Waals surface area contributed by atoms with Gasteiger partial charge in [0.05, 0.1) is 31.5 Å². The van der Waals surface area contributed by atoms with Gasteiger partial charge < -0.3 is 33.3 Å². The van der Waals surface area contributed by atoms with Crippen LogP contribution in [0.3, 0.4) is 0 Å². The number of hydrogen-bond donors (Lipinski definition) is 1. The van der Waals surface area contributed by atoms with E-state index in [1.165, 1.54) is 32.4 Å². The minimum absolute atomic E-state index is 0.00867. The van der Waals surface area contributed by atoms with E-state index in [-0.39, 0.29) is 50.2 Å². The van der Waals surface area contributed by atoms with E-state index in [4.69, 9.17) is 28.0 Å². The molecule has 0 aromatic heterocycles. The third-order valence-corrected chi connectivity index (χ3v) is 7.83. The van der Waals surface area contributed by atoms with Gasteiger partial charge in [-0.05, 0) is 24.5 Å². The maximum atomic E-state index is 15.0. The molecule has 2 rings (SSSR count). The van der Waals surface area contributed by atoms with Gasteiger partial charge in [0.15, 0.2) is 11.4 Å². The highest BCUT2D eigenvalue weighted by atomic mass is 32.2. The monoisotopic (exact) mass is 582 g/mol. The van der Waals surface area contributed by atoms with Crippen molar-refractivity contribution in [2.75, 3.05) is 60.1 Å². The fraction of sp³-hybridized carbons (Fsp3) is 0.385. The van der Waals surface area contributed by atoms with Crippen molar-refractivity contribution >= 4 is 25.3 Å². The van der Waals surface area contributed by atoms with Gasteiger partial charge in [0, 0.05) is 19.8 Å². The number of hydrogen-bond acceptors (Lipinski definition) is 11. The minimum Gasteiger partial charge on any atom is -0.490 e. The molecule has 1 unspecified atom stereocenters. The molecule has 2 aromatic carbocycles. The van der Waals surface area contributed by atoms with Crippen molar-refractivity contribution in [2.45, 2.75) is 5.78 Å². The Kier molecular flexibility index (Phi) is 14.6. The molecule has 0 saturated carbocycles. The van der Waals surface area contributed by atoms with Crippen molar-refractivity contribution in [3.8, 4) is 11.8 Å². The molecule has 0 aliphatic carbocycles. The van der Waals surface area contributed by atoms with Crippen LogP contribution in [0.5, 0.6) is 5.75 Å². The van der Waals surface area contributed by atoms with Crippen LogP contribution in [-0.2, 0) is 32.6 Å². The lowest BCUT2D eigenvalue weighted by Gasteiger charge is -2.29. The van der Waals surface area contributed by atoms with Crippen LogP contribution in [0.15, 0.2) is 65.2 Å². The summed E-state index contributed by atoms with van der Waals surface area (Å²) in [4.78, 5) is 12.8. The average molecular weight is 583 g/mol. The summed E-state index contributed by atoms with van der Waals surface area (Å²) < 4.78 is 60.9. The SMILES string of the molecule is COCCOP(=O)(OCCOC)C(N/C(SC)=C(/C#N)C(=O)OCCOc1ccccc1)c1ccccc1F. The fourth-order valence-electron chi connectivity index (χ4n) is 3.14. The normalized spacial score (nSPS) is 12.7. The number of carbonyl (C=O) groups is 1. The molecule has 0 fully saturated rings. The Bertz CT molecular complexity index is 1150. The van der Waals surface area contributed by atoms with Gasteiger partial charge in [-0.3, -0.25) is 4.57 Å². The second-order valence-corrected chi connectivity index (χ2v) is 10.5. The predicted octanol–water partition coefficient (Wildman–Crippen LogP) is 4.65. The van der Waals surface area contributed by atoms with E-state index >= 15 is 0 Å². The van der Waals surface area contributed by atoms with Gasteiger partial charge in [0.2, 0.25) is 0 Å². The molecule has 0 heterocycles. The van der Waals surface area contributed by atoms with Crippen LogP contribution in [0.2, 0.25) is 0 Å². The summed E-state index contributed by atoms with van der Waals surface area (Å²) in [5.41, 5.74) is -0.451. The second kappa shape index (κ2) is 17.6. The Hall–Kier alpha value is -2.91. The van der Waals surface area contributed by atoms with Crippen molar-refractivity contribution in [1.29, 1.82) is 5.26 Å². The number of halogens is 1. The number of ether oxygens (including phenoxy) is 4. The predicted molar refractivity (Wildman–Crippen MR) is 145 cm³/mol. The molecular formula is C26H32FN2O8PS. The van der Waals surface area contributed by atoms with Crippen LogP contribution in [-0.4, -0.2) is 66.1 Å². The van der Waals surface area contributed by atoms with Crippen LogP contribution in [0, 0.1) is 17.1 Å². The lowest BCUT2D eigenvalue weighted by molar-refractivity contribution is -0.139. The highest BCUT2D eigenvalue weighted by Crippen LogP contribution is 2.60. The molecule has 1 N–H and O–H groups in total. The minimum atomic E-state index is -4.19. The van der Waals surface area contributed by atoms with E-state index in [1.807, 2.05) is 12.1 Å². The summed E-state index contributed by atoms with van der Waals surface area (Å²) in [5, 5.41) is 12.6. The largest absolute Gasteiger partial charge is 0.490 e. The Labute approximate surface area is 231 Å². The lowest BCUT2D eigenvalue weighted by Crippen LogP contribution is -2.26. The Morgan fingerprint density at radius 3 is 2.15 bits per heavy atom. The zero-order valence-corrected chi connectivity index (χ0v) is 23.7. The Morgan fingerprint density at radius 1 is 0.974 bits per heavy atom. The van der Waals surface area contributed by atoms with Crippen molar-refractivity contribution in [3.05, 3.63) is 76.6 Å². The fourth-order valence-corrected chi connectivity index (χ4v) is 5.66. The zero-order valence-electron chi connectivity index (χ0n) is 22.0. The van der Waals surface area contributed by atoms with Gasteiger partial charge >= 0.3 is 13.6 Å². The number of rotatable bonds is 18. The number of carbonyl (C=O) groups excluding carboxylic acids is 1. The summed E-state index contributed by atoms with van der Waals surface area (Å²) in [6.45, 7) is -0.137. The second-order valence-electron chi connectivity index (χ2n) is 7.58. The van der Waals surface area contributed by atoms with E-state index in [1.54, 1.807) is 36.6 Å². The smallest absolute Gasteiger partial charge is 0.357 e. The molecule has 2 aromatic rings. The topological polar surface area (TPSA) is 125 Å². The van der Waals surface area contributed by atoms with Crippen molar-refractivity contribution in [3.63, 3.8) is 0 Å². The molecule has 13 heteroatoms. The molecule has 0 radical (unpaired) electrons. The number of nitrogens with one attached hydrogen (secondary N) is 1. The van der Waals surface area contributed by atoms with E-state index in [2.05, 4.69) is 5.32 Å². The molecule has 39 heavy (non-hydrogen) atoms. The summed E-state index contributed by atoms with van der Waals surface area (Å²) in [5.74, 6) is -2.46. The standard InChI is InChI=1S/C26H32FN2O8PS/c1-32-13-17-36-38(31,37-18-14-33-2)24(21-11-7-8-12-23(21)27)29-25(39-3)22(19-28)26(30)35-16-15-34-20-9-5-4-6-10-20/h4-12,24,29H,13-18H2,1-3H3/b25-22+. The number of para-hydroxylation sites is 1. The number of benzene rings is 2. The van der Waals surface area contributed by atoms with E-state index in [0.29, 0.717) is 5.75 Å². The van der Waals surface area contributed by atoms with Gasteiger partial charge in [-0.2, -0.15) is 5.26 Å². The molecule has 212 valence electrons. The molecule has 10 nitrogen and oxygen atoms in total. The number of nitrogens with zero attached hydrogens (tertiary/aromatic N) is 1. The maximum Gasteiger partial charge on any atom is 0.357 e. The quantitative estimate of drug-likeness (QED) is 0.0868. The van der Waals surface area contributed by atoms with E-state index in [9.17, 15) is 19.0 Å². The number of esters is 1.